The maximum absolute atomic E-state index is 12.8. The molecule has 176 valence electrons. The average molecular weight is 445 g/mol. The Bertz CT molecular complexity index is 602. The topological polar surface area (TPSA) is 77.1 Å². The van der Waals surface area contributed by atoms with E-state index in [-0.39, 0.29) is 23.3 Å². The number of amides is 2. The summed E-state index contributed by atoms with van der Waals surface area (Å²) in [6, 6.07) is -0.0513. The number of likely N-dealkylation sites (tertiary alicyclic amines) is 1. The first kappa shape index (κ1) is 26.8. The van der Waals surface area contributed by atoms with E-state index in [4.69, 9.17) is 13.9 Å². The Morgan fingerprint density at radius 3 is 1.97 bits per heavy atom. The van der Waals surface area contributed by atoms with Crippen molar-refractivity contribution in [2.24, 2.45) is 0 Å². The molecule has 0 aromatic rings. The summed E-state index contributed by atoms with van der Waals surface area (Å²) in [4.78, 5) is 26.5. The highest BCUT2D eigenvalue weighted by atomic mass is 28.4. The number of hydrogen-bond donors (Lipinski definition) is 1. The number of nitrogens with one attached hydrogen (secondary N) is 1. The van der Waals surface area contributed by atoms with Gasteiger partial charge in [-0.2, -0.15) is 0 Å². The Balaban J connectivity index is 2.80. The van der Waals surface area contributed by atoms with Gasteiger partial charge in [-0.05, 0) is 72.5 Å². The van der Waals surface area contributed by atoms with Crippen molar-refractivity contribution >= 4 is 20.5 Å². The van der Waals surface area contributed by atoms with E-state index in [1.165, 1.54) is 0 Å². The largest absolute Gasteiger partial charge is 0.444 e. The molecule has 1 heterocycles. The minimum Gasteiger partial charge on any atom is -0.444 e. The first-order valence-corrected chi connectivity index (χ1v) is 13.9. The maximum atomic E-state index is 12.8. The van der Waals surface area contributed by atoms with Crippen molar-refractivity contribution in [3.05, 3.63) is 0 Å². The number of nitrogens with zero attached hydrogens (tertiary/aromatic N) is 1. The molecule has 1 aliphatic rings. The Morgan fingerprint density at radius 1 is 0.967 bits per heavy atom. The van der Waals surface area contributed by atoms with Gasteiger partial charge >= 0.3 is 12.2 Å². The van der Waals surface area contributed by atoms with Gasteiger partial charge < -0.3 is 24.1 Å². The van der Waals surface area contributed by atoms with Gasteiger partial charge in [-0.3, -0.25) is 0 Å². The van der Waals surface area contributed by atoms with E-state index in [0.717, 1.165) is 6.42 Å². The SMILES string of the molecule is CC(C)(C)OC(=O)NCC[C@@H]1C[C@@H](O[Si](C)(C)C(C)(C)C)CN1C(=O)OC(C)(C)C. The van der Waals surface area contributed by atoms with Gasteiger partial charge in [-0.15, -0.1) is 0 Å². The lowest BCUT2D eigenvalue weighted by Gasteiger charge is -2.38. The third kappa shape index (κ3) is 8.84. The number of hydrogen-bond acceptors (Lipinski definition) is 5. The molecule has 1 N–H and O–H groups in total. The molecule has 1 fully saturated rings. The highest BCUT2D eigenvalue weighted by Gasteiger charge is 2.44. The van der Waals surface area contributed by atoms with Crippen LogP contribution in [0.3, 0.4) is 0 Å². The normalized spacial score (nSPS) is 20.8. The monoisotopic (exact) mass is 444 g/mol. The van der Waals surface area contributed by atoms with Crippen LogP contribution in [0.15, 0.2) is 0 Å². The molecule has 8 heteroatoms. The molecule has 1 saturated heterocycles. The first-order chi connectivity index (χ1) is 13.3. The van der Waals surface area contributed by atoms with Gasteiger partial charge in [0, 0.05) is 19.1 Å². The molecule has 0 spiro atoms. The van der Waals surface area contributed by atoms with Crippen LogP contribution >= 0.6 is 0 Å². The molecule has 0 radical (unpaired) electrons. The third-order valence-corrected chi connectivity index (χ3v) is 9.95. The third-order valence-electron chi connectivity index (χ3n) is 5.42. The van der Waals surface area contributed by atoms with Crippen LogP contribution in [0.4, 0.5) is 9.59 Å². The predicted molar refractivity (Wildman–Crippen MR) is 122 cm³/mol. The summed E-state index contributed by atoms with van der Waals surface area (Å²) < 4.78 is 17.5. The summed E-state index contributed by atoms with van der Waals surface area (Å²) in [6.45, 7) is 23.1. The van der Waals surface area contributed by atoms with Gasteiger partial charge in [0.25, 0.3) is 0 Å². The van der Waals surface area contributed by atoms with Gasteiger partial charge in [-0.25, -0.2) is 9.59 Å². The molecule has 1 rings (SSSR count). The molecule has 0 aromatic heterocycles. The van der Waals surface area contributed by atoms with E-state index in [1.807, 2.05) is 41.5 Å². The van der Waals surface area contributed by atoms with Crippen LogP contribution in [0.2, 0.25) is 18.1 Å². The molecule has 0 aliphatic carbocycles. The minimum atomic E-state index is -1.96. The van der Waals surface area contributed by atoms with Gasteiger partial charge in [0.1, 0.15) is 11.2 Å². The summed E-state index contributed by atoms with van der Waals surface area (Å²) in [5.74, 6) is 0. The lowest BCUT2D eigenvalue weighted by molar-refractivity contribution is 0.0205. The number of rotatable bonds is 5. The zero-order chi connectivity index (χ0) is 23.5. The average Bonchev–Trinajstić information content (AvgIpc) is 2.84. The molecular formula is C22H44N2O5Si. The number of carbonyl (C=O) groups is 2. The molecule has 0 unspecified atom stereocenters. The van der Waals surface area contributed by atoms with Crippen molar-refractivity contribution in [1.82, 2.24) is 10.2 Å². The molecular weight excluding hydrogens is 400 g/mol. The van der Waals surface area contributed by atoms with Crippen molar-refractivity contribution in [3.8, 4) is 0 Å². The fourth-order valence-corrected chi connectivity index (χ4v) is 4.38. The lowest BCUT2D eigenvalue weighted by atomic mass is 10.1. The second kappa shape index (κ2) is 9.47. The summed E-state index contributed by atoms with van der Waals surface area (Å²) in [5, 5.41) is 2.89. The molecule has 2 atom stereocenters. The van der Waals surface area contributed by atoms with E-state index in [1.54, 1.807) is 4.90 Å². The molecule has 0 aromatic carbocycles. The summed E-state index contributed by atoms with van der Waals surface area (Å²) in [6.07, 6.45) is 0.562. The van der Waals surface area contributed by atoms with Crippen LogP contribution in [0.25, 0.3) is 0 Å². The Labute approximate surface area is 184 Å². The predicted octanol–water partition coefficient (Wildman–Crippen LogP) is 5.30. The smallest absolute Gasteiger partial charge is 0.410 e. The maximum Gasteiger partial charge on any atom is 0.410 e. The van der Waals surface area contributed by atoms with E-state index >= 15 is 0 Å². The van der Waals surface area contributed by atoms with Crippen LogP contribution in [-0.2, 0) is 13.9 Å². The summed E-state index contributed by atoms with van der Waals surface area (Å²) in [5.41, 5.74) is -1.10. The van der Waals surface area contributed by atoms with Gasteiger partial charge in [0.2, 0.25) is 0 Å². The molecule has 0 bridgehead atoms. The second-order valence-corrected chi connectivity index (χ2v) is 16.5. The lowest BCUT2D eigenvalue weighted by Crippen LogP contribution is -2.45. The van der Waals surface area contributed by atoms with E-state index in [9.17, 15) is 9.59 Å². The molecule has 0 saturated carbocycles. The molecule has 7 nitrogen and oxygen atoms in total. The Morgan fingerprint density at radius 2 is 1.50 bits per heavy atom. The van der Waals surface area contributed by atoms with Crippen LogP contribution < -0.4 is 5.32 Å². The molecule has 30 heavy (non-hydrogen) atoms. The van der Waals surface area contributed by atoms with Crippen LogP contribution in [0.5, 0.6) is 0 Å². The summed E-state index contributed by atoms with van der Waals surface area (Å²) in [7, 11) is -1.96. The molecule has 2 amide bonds. The van der Waals surface area contributed by atoms with Gasteiger partial charge in [0.05, 0.1) is 6.10 Å². The fourth-order valence-electron chi connectivity index (χ4n) is 3.03. The van der Waals surface area contributed by atoms with Gasteiger partial charge in [0.15, 0.2) is 8.32 Å². The van der Waals surface area contributed by atoms with Gasteiger partial charge in [-0.1, -0.05) is 20.8 Å². The Hall–Kier alpha value is -1.28. The van der Waals surface area contributed by atoms with Crippen molar-refractivity contribution in [3.63, 3.8) is 0 Å². The highest BCUT2D eigenvalue weighted by Crippen LogP contribution is 2.39. The second-order valence-electron chi connectivity index (χ2n) is 11.7. The number of alkyl carbamates (subject to hydrolysis) is 1. The number of ether oxygens (including phenoxy) is 2. The van der Waals surface area contributed by atoms with Crippen molar-refractivity contribution < 1.29 is 23.5 Å². The number of carbonyl (C=O) groups excluding carboxylic acids is 2. The van der Waals surface area contributed by atoms with E-state index in [0.29, 0.717) is 19.5 Å². The molecule has 1 aliphatic heterocycles. The van der Waals surface area contributed by atoms with E-state index in [2.05, 4.69) is 39.2 Å². The zero-order valence-electron chi connectivity index (χ0n) is 21.0. The van der Waals surface area contributed by atoms with Crippen molar-refractivity contribution in [2.75, 3.05) is 13.1 Å². The van der Waals surface area contributed by atoms with Crippen LogP contribution in [0, 0.1) is 0 Å². The van der Waals surface area contributed by atoms with Crippen LogP contribution in [0.1, 0.15) is 75.2 Å². The highest BCUT2D eigenvalue weighted by molar-refractivity contribution is 6.74. The van der Waals surface area contributed by atoms with Crippen LogP contribution in [-0.4, -0.2) is 61.8 Å². The summed E-state index contributed by atoms with van der Waals surface area (Å²) >= 11 is 0. The standard InChI is InChI=1S/C22H44N2O5Si/c1-20(2,3)27-18(25)23-13-12-16-14-17(29-30(10,11)22(7,8)9)15-24(16)19(26)28-21(4,5)6/h16-17H,12-15H2,1-11H3,(H,23,25)/t16-,17-/m1/s1. The fraction of sp³-hybridized carbons (Fsp3) is 0.909. The Kier molecular flexibility index (Phi) is 8.44. The zero-order valence-corrected chi connectivity index (χ0v) is 22.0. The van der Waals surface area contributed by atoms with Crippen molar-refractivity contribution in [1.29, 1.82) is 0 Å². The minimum absolute atomic E-state index is 0.0232. The quantitative estimate of drug-likeness (QED) is 0.582. The first-order valence-electron chi connectivity index (χ1n) is 10.9. The van der Waals surface area contributed by atoms with Crippen molar-refractivity contribution in [2.45, 2.75) is 117 Å². The van der Waals surface area contributed by atoms with E-state index < -0.39 is 25.6 Å².